The van der Waals surface area contributed by atoms with Crippen molar-refractivity contribution >= 4 is 48.0 Å². The fourth-order valence-electron chi connectivity index (χ4n) is 3.26. The number of amides is 2. The molecule has 0 radical (unpaired) electrons. The van der Waals surface area contributed by atoms with Gasteiger partial charge in [-0.3, -0.25) is 14.5 Å². The number of halogens is 2. The Morgan fingerprint density at radius 1 is 0.968 bits per heavy atom. The summed E-state index contributed by atoms with van der Waals surface area (Å²) in [5.41, 5.74) is 7.55. The third-order valence-electron chi connectivity index (χ3n) is 4.89. The molecule has 3 N–H and O–H groups in total. The highest BCUT2D eigenvalue weighted by molar-refractivity contribution is 5.96. The number of nitrogen functional groups attached to an aromatic ring is 1. The Balaban J connectivity index is 0.00000240. The molecule has 0 aliphatic carbocycles. The fraction of sp³-hybridized carbons (Fsp3) is 0.333. The Kier molecular flexibility index (Phi) is 10.4. The predicted molar refractivity (Wildman–Crippen MR) is 126 cm³/mol. The molecule has 0 saturated carbocycles. The van der Waals surface area contributed by atoms with Crippen molar-refractivity contribution in [3.63, 3.8) is 0 Å². The first-order valence-corrected chi connectivity index (χ1v) is 9.40. The smallest absolute Gasteiger partial charge is 0.254 e. The SMILES string of the molecule is COc1ccc(C(=O)N2CCN(CC(=O)Nc3ccccc3N)CC2)cc1OC.Cl.Cl. The fourth-order valence-corrected chi connectivity index (χ4v) is 3.26. The molecule has 2 aromatic rings. The van der Waals surface area contributed by atoms with Crippen LogP contribution in [-0.2, 0) is 4.79 Å². The third kappa shape index (κ3) is 6.65. The van der Waals surface area contributed by atoms with Crippen LogP contribution < -0.4 is 20.5 Å². The summed E-state index contributed by atoms with van der Waals surface area (Å²) >= 11 is 0. The van der Waals surface area contributed by atoms with Crippen LogP contribution in [-0.4, -0.2) is 68.6 Å². The first-order valence-electron chi connectivity index (χ1n) is 9.40. The van der Waals surface area contributed by atoms with Crippen LogP contribution in [0.15, 0.2) is 42.5 Å². The lowest BCUT2D eigenvalue weighted by Crippen LogP contribution is -2.50. The molecule has 1 saturated heterocycles. The van der Waals surface area contributed by atoms with Crippen molar-refractivity contribution in [3.8, 4) is 11.5 Å². The van der Waals surface area contributed by atoms with Crippen molar-refractivity contribution < 1.29 is 19.1 Å². The number of nitrogens with zero attached hydrogens (tertiary/aromatic N) is 2. The Hall–Kier alpha value is -2.68. The molecule has 2 aromatic carbocycles. The molecule has 0 bridgehead atoms. The number of nitrogens with one attached hydrogen (secondary N) is 1. The number of hydrogen-bond donors (Lipinski definition) is 2. The van der Waals surface area contributed by atoms with Crippen LogP contribution in [0.1, 0.15) is 10.4 Å². The quantitative estimate of drug-likeness (QED) is 0.629. The number of anilines is 2. The minimum Gasteiger partial charge on any atom is -0.493 e. The lowest BCUT2D eigenvalue weighted by molar-refractivity contribution is -0.117. The molecule has 31 heavy (non-hydrogen) atoms. The van der Waals surface area contributed by atoms with Crippen LogP contribution in [0.5, 0.6) is 11.5 Å². The molecule has 0 aromatic heterocycles. The number of methoxy groups -OCH3 is 2. The Morgan fingerprint density at radius 3 is 2.23 bits per heavy atom. The van der Waals surface area contributed by atoms with Crippen LogP contribution in [0.25, 0.3) is 0 Å². The molecule has 1 heterocycles. The summed E-state index contributed by atoms with van der Waals surface area (Å²) < 4.78 is 10.5. The largest absolute Gasteiger partial charge is 0.493 e. The number of carbonyl (C=O) groups is 2. The van der Waals surface area contributed by atoms with Gasteiger partial charge in [0.15, 0.2) is 11.5 Å². The lowest BCUT2D eigenvalue weighted by Gasteiger charge is -2.34. The van der Waals surface area contributed by atoms with Gasteiger partial charge in [-0.15, -0.1) is 24.8 Å². The van der Waals surface area contributed by atoms with Gasteiger partial charge in [0, 0.05) is 31.7 Å². The molecule has 8 nitrogen and oxygen atoms in total. The van der Waals surface area contributed by atoms with Gasteiger partial charge >= 0.3 is 0 Å². The highest BCUT2D eigenvalue weighted by Gasteiger charge is 2.24. The molecule has 2 amide bonds. The average molecular weight is 471 g/mol. The van der Waals surface area contributed by atoms with Crippen LogP contribution in [0, 0.1) is 0 Å². The first-order chi connectivity index (χ1) is 14.0. The molecule has 1 aliphatic rings. The van der Waals surface area contributed by atoms with Gasteiger partial charge in [-0.05, 0) is 30.3 Å². The number of nitrogens with two attached hydrogens (primary N) is 1. The number of para-hydroxylation sites is 2. The van der Waals surface area contributed by atoms with Gasteiger partial charge in [0.05, 0.1) is 32.1 Å². The van der Waals surface area contributed by atoms with E-state index in [1.54, 1.807) is 49.5 Å². The van der Waals surface area contributed by atoms with Gasteiger partial charge in [-0.25, -0.2) is 0 Å². The van der Waals surface area contributed by atoms with E-state index >= 15 is 0 Å². The third-order valence-corrected chi connectivity index (χ3v) is 4.89. The van der Waals surface area contributed by atoms with Gasteiger partial charge < -0.3 is 25.4 Å². The Morgan fingerprint density at radius 2 is 1.61 bits per heavy atom. The molecular formula is C21H28Cl2N4O4. The maximum atomic E-state index is 12.8. The Bertz CT molecular complexity index is 889. The topological polar surface area (TPSA) is 97.1 Å². The van der Waals surface area contributed by atoms with E-state index in [-0.39, 0.29) is 43.2 Å². The second-order valence-corrected chi connectivity index (χ2v) is 6.77. The van der Waals surface area contributed by atoms with Crippen LogP contribution >= 0.6 is 24.8 Å². The molecule has 1 aliphatic heterocycles. The van der Waals surface area contributed by atoms with Crippen molar-refractivity contribution in [1.82, 2.24) is 9.80 Å². The molecule has 3 rings (SSSR count). The van der Waals surface area contributed by atoms with Crippen molar-refractivity contribution in [2.75, 3.05) is 58.0 Å². The van der Waals surface area contributed by atoms with Gasteiger partial charge in [0.2, 0.25) is 5.91 Å². The van der Waals surface area contributed by atoms with E-state index in [9.17, 15) is 9.59 Å². The zero-order valence-corrected chi connectivity index (χ0v) is 19.1. The van der Waals surface area contributed by atoms with E-state index in [4.69, 9.17) is 15.2 Å². The summed E-state index contributed by atoms with van der Waals surface area (Å²) in [6, 6.07) is 12.3. The minimum absolute atomic E-state index is 0. The first kappa shape index (κ1) is 26.4. The molecular weight excluding hydrogens is 443 g/mol. The second-order valence-electron chi connectivity index (χ2n) is 6.77. The number of piperazine rings is 1. The summed E-state index contributed by atoms with van der Waals surface area (Å²) in [6.07, 6.45) is 0. The number of rotatable bonds is 6. The molecule has 170 valence electrons. The van der Waals surface area contributed by atoms with Gasteiger partial charge in [0.1, 0.15) is 0 Å². The second kappa shape index (κ2) is 12.2. The highest BCUT2D eigenvalue weighted by atomic mass is 35.5. The normalized spacial score (nSPS) is 13.4. The molecule has 0 spiro atoms. The maximum absolute atomic E-state index is 12.8. The molecule has 0 unspecified atom stereocenters. The van der Waals surface area contributed by atoms with Gasteiger partial charge in [-0.1, -0.05) is 12.1 Å². The Labute approximate surface area is 194 Å². The summed E-state index contributed by atoms with van der Waals surface area (Å²) in [5, 5.41) is 2.83. The van der Waals surface area contributed by atoms with Crippen molar-refractivity contribution in [2.45, 2.75) is 0 Å². The number of hydrogen-bond acceptors (Lipinski definition) is 6. The minimum atomic E-state index is -0.123. The van der Waals surface area contributed by atoms with Crippen molar-refractivity contribution in [1.29, 1.82) is 0 Å². The van der Waals surface area contributed by atoms with E-state index in [2.05, 4.69) is 5.32 Å². The van der Waals surface area contributed by atoms with Crippen LogP contribution in [0.2, 0.25) is 0 Å². The van der Waals surface area contributed by atoms with Crippen LogP contribution in [0.4, 0.5) is 11.4 Å². The zero-order valence-electron chi connectivity index (χ0n) is 17.5. The van der Waals surface area contributed by atoms with Gasteiger partial charge in [0.25, 0.3) is 5.91 Å². The van der Waals surface area contributed by atoms with E-state index in [0.29, 0.717) is 54.6 Å². The molecule has 10 heteroatoms. The van der Waals surface area contributed by atoms with E-state index in [1.165, 1.54) is 0 Å². The maximum Gasteiger partial charge on any atom is 0.254 e. The van der Waals surface area contributed by atoms with E-state index in [1.807, 2.05) is 17.0 Å². The van der Waals surface area contributed by atoms with Gasteiger partial charge in [-0.2, -0.15) is 0 Å². The highest BCUT2D eigenvalue weighted by Crippen LogP contribution is 2.28. The zero-order chi connectivity index (χ0) is 20.8. The van der Waals surface area contributed by atoms with Crippen molar-refractivity contribution in [3.05, 3.63) is 48.0 Å². The number of ether oxygens (including phenoxy) is 2. The summed E-state index contributed by atoms with van der Waals surface area (Å²) in [5.74, 6) is 0.919. The van der Waals surface area contributed by atoms with E-state index in [0.717, 1.165) is 0 Å². The standard InChI is InChI=1S/C21H26N4O4.2ClH/c1-28-18-8-7-15(13-19(18)29-2)21(27)25-11-9-24(10-12-25)14-20(26)23-17-6-4-3-5-16(17)22;;/h3-8,13H,9-12,14,22H2,1-2H3,(H,23,26);2*1H. The molecule has 0 atom stereocenters. The number of carbonyl (C=O) groups excluding carboxylic acids is 2. The van der Waals surface area contributed by atoms with Crippen LogP contribution in [0.3, 0.4) is 0 Å². The van der Waals surface area contributed by atoms with Crippen molar-refractivity contribution in [2.24, 2.45) is 0 Å². The van der Waals surface area contributed by atoms with E-state index < -0.39 is 0 Å². The monoisotopic (exact) mass is 470 g/mol. The molecule has 1 fully saturated rings. The lowest BCUT2D eigenvalue weighted by atomic mass is 10.1. The average Bonchev–Trinajstić information content (AvgIpc) is 2.75. The summed E-state index contributed by atoms with van der Waals surface area (Å²) in [4.78, 5) is 28.9. The number of benzene rings is 2. The predicted octanol–water partition coefficient (Wildman–Crippen LogP) is 2.53. The summed E-state index contributed by atoms with van der Waals surface area (Å²) in [7, 11) is 3.10. The summed E-state index contributed by atoms with van der Waals surface area (Å²) in [6.45, 7) is 2.60.